The predicted molar refractivity (Wildman–Crippen MR) is 75.2 cm³/mol. The van der Waals surface area contributed by atoms with E-state index < -0.39 is 5.97 Å². The number of carboxylic acids is 1. The maximum Gasteiger partial charge on any atom is 0.328 e. The van der Waals surface area contributed by atoms with Crippen LogP contribution in [0.2, 0.25) is 0 Å². The molecule has 0 aliphatic carbocycles. The van der Waals surface area contributed by atoms with Crippen LogP contribution in [-0.4, -0.2) is 32.4 Å². The van der Waals surface area contributed by atoms with E-state index in [4.69, 9.17) is 5.11 Å². The third kappa shape index (κ3) is 2.84. The van der Waals surface area contributed by atoms with E-state index in [9.17, 15) is 10.0 Å². The number of carboxylic acid groups (broad SMARTS) is 1. The van der Waals surface area contributed by atoms with Gasteiger partial charge < -0.3 is 10.3 Å². The highest BCUT2D eigenvalue weighted by Gasteiger charge is 2.49. The molecule has 1 fully saturated rings. The first-order chi connectivity index (χ1) is 8.89. The van der Waals surface area contributed by atoms with Crippen molar-refractivity contribution in [1.82, 2.24) is 5.06 Å². The zero-order valence-corrected chi connectivity index (χ0v) is 12.6. The minimum atomic E-state index is -0.886. The van der Waals surface area contributed by atoms with Gasteiger partial charge in [0.05, 0.1) is 0 Å². The summed E-state index contributed by atoms with van der Waals surface area (Å²) in [5, 5.41) is 21.3. The first-order valence-electron chi connectivity index (χ1n) is 7.31. The molecule has 1 heterocycles. The molecule has 0 aromatic rings. The standard InChI is InChI=1S/C15H27NO3/c1-5-14(6-2)10-12(9-13(17)18)11-15(7-3,8-4)16(14)19/h9,19H,5-8,10-11H2,1-4H3,(H,17,18). The van der Waals surface area contributed by atoms with Crippen molar-refractivity contribution in [1.29, 1.82) is 0 Å². The summed E-state index contributed by atoms with van der Waals surface area (Å²) in [6, 6.07) is 0. The zero-order valence-electron chi connectivity index (χ0n) is 12.6. The molecule has 1 aliphatic heterocycles. The largest absolute Gasteiger partial charge is 0.478 e. The molecule has 110 valence electrons. The fourth-order valence-electron chi connectivity index (χ4n) is 3.44. The summed E-state index contributed by atoms with van der Waals surface area (Å²) in [4.78, 5) is 11.0. The molecule has 2 N–H and O–H groups in total. The second kappa shape index (κ2) is 6.06. The van der Waals surface area contributed by atoms with Crippen molar-refractivity contribution in [3.8, 4) is 0 Å². The summed E-state index contributed by atoms with van der Waals surface area (Å²) < 4.78 is 0. The number of hydroxylamine groups is 2. The van der Waals surface area contributed by atoms with E-state index in [0.29, 0.717) is 12.8 Å². The molecule has 0 saturated carbocycles. The molecule has 0 aromatic carbocycles. The molecular weight excluding hydrogens is 242 g/mol. The van der Waals surface area contributed by atoms with E-state index in [0.717, 1.165) is 31.3 Å². The van der Waals surface area contributed by atoms with Gasteiger partial charge >= 0.3 is 5.97 Å². The Kier molecular flexibility index (Phi) is 5.16. The van der Waals surface area contributed by atoms with E-state index in [2.05, 4.69) is 27.7 Å². The maximum absolute atomic E-state index is 11.0. The predicted octanol–water partition coefficient (Wildman–Crippen LogP) is 3.60. The van der Waals surface area contributed by atoms with Gasteiger partial charge in [0.15, 0.2) is 0 Å². The second-order valence-corrected chi connectivity index (χ2v) is 5.67. The Bertz CT molecular complexity index is 330. The monoisotopic (exact) mass is 269 g/mol. The molecule has 0 atom stereocenters. The van der Waals surface area contributed by atoms with Gasteiger partial charge in [-0.25, -0.2) is 4.79 Å². The lowest BCUT2D eigenvalue weighted by Gasteiger charge is -2.55. The van der Waals surface area contributed by atoms with Crippen LogP contribution in [0.4, 0.5) is 0 Å². The van der Waals surface area contributed by atoms with Gasteiger partial charge in [0.25, 0.3) is 0 Å². The number of rotatable bonds is 5. The topological polar surface area (TPSA) is 60.8 Å². The lowest BCUT2D eigenvalue weighted by molar-refractivity contribution is -0.258. The zero-order chi connectivity index (χ0) is 14.7. The van der Waals surface area contributed by atoms with Crippen molar-refractivity contribution in [2.24, 2.45) is 0 Å². The summed E-state index contributed by atoms with van der Waals surface area (Å²) in [6.45, 7) is 8.25. The Labute approximate surface area is 116 Å². The average Bonchev–Trinajstić information content (AvgIpc) is 2.40. The van der Waals surface area contributed by atoms with Crippen LogP contribution in [0.15, 0.2) is 11.6 Å². The van der Waals surface area contributed by atoms with Crippen molar-refractivity contribution >= 4 is 5.97 Å². The van der Waals surface area contributed by atoms with Crippen molar-refractivity contribution in [3.05, 3.63) is 11.6 Å². The summed E-state index contributed by atoms with van der Waals surface area (Å²) in [5.74, 6) is -0.886. The van der Waals surface area contributed by atoms with Crippen LogP contribution in [0.3, 0.4) is 0 Å². The molecule has 4 heteroatoms. The van der Waals surface area contributed by atoms with Crippen LogP contribution < -0.4 is 0 Å². The molecule has 0 spiro atoms. The molecule has 4 nitrogen and oxygen atoms in total. The van der Waals surface area contributed by atoms with Crippen molar-refractivity contribution in [2.45, 2.75) is 77.3 Å². The van der Waals surface area contributed by atoms with Crippen LogP contribution >= 0.6 is 0 Å². The maximum atomic E-state index is 11.0. The number of carbonyl (C=O) groups is 1. The van der Waals surface area contributed by atoms with Gasteiger partial charge in [-0.05, 0) is 38.5 Å². The van der Waals surface area contributed by atoms with Gasteiger partial charge in [-0.15, -0.1) is 0 Å². The van der Waals surface area contributed by atoms with Crippen molar-refractivity contribution < 1.29 is 15.1 Å². The van der Waals surface area contributed by atoms with Crippen LogP contribution in [0.25, 0.3) is 0 Å². The van der Waals surface area contributed by atoms with Gasteiger partial charge in [0.2, 0.25) is 0 Å². The highest BCUT2D eigenvalue weighted by atomic mass is 16.5. The van der Waals surface area contributed by atoms with Crippen LogP contribution in [0.5, 0.6) is 0 Å². The van der Waals surface area contributed by atoms with Gasteiger partial charge in [0, 0.05) is 17.2 Å². The van der Waals surface area contributed by atoms with Crippen LogP contribution in [0.1, 0.15) is 66.2 Å². The summed E-state index contributed by atoms with van der Waals surface area (Å²) in [6.07, 6.45) is 5.90. The van der Waals surface area contributed by atoms with Gasteiger partial charge in [-0.3, -0.25) is 0 Å². The summed E-state index contributed by atoms with van der Waals surface area (Å²) in [7, 11) is 0. The van der Waals surface area contributed by atoms with E-state index in [1.165, 1.54) is 6.08 Å². The quantitative estimate of drug-likeness (QED) is 0.749. The molecule has 0 unspecified atom stereocenters. The Hall–Kier alpha value is -0.870. The fraction of sp³-hybridized carbons (Fsp3) is 0.800. The number of aliphatic carboxylic acids is 1. The molecule has 0 bridgehead atoms. The Morgan fingerprint density at radius 2 is 1.47 bits per heavy atom. The highest BCUT2D eigenvalue weighted by Crippen LogP contribution is 2.46. The minimum Gasteiger partial charge on any atom is -0.478 e. The Morgan fingerprint density at radius 1 is 1.11 bits per heavy atom. The lowest BCUT2D eigenvalue weighted by Crippen LogP contribution is -2.61. The molecule has 1 rings (SSSR count). The Balaban J connectivity index is 3.25. The van der Waals surface area contributed by atoms with Gasteiger partial charge in [-0.2, -0.15) is 5.06 Å². The molecule has 19 heavy (non-hydrogen) atoms. The summed E-state index contributed by atoms with van der Waals surface area (Å²) >= 11 is 0. The van der Waals surface area contributed by atoms with E-state index in [-0.39, 0.29) is 11.1 Å². The van der Waals surface area contributed by atoms with Crippen molar-refractivity contribution in [2.75, 3.05) is 0 Å². The first kappa shape index (κ1) is 16.2. The molecular formula is C15H27NO3. The molecule has 0 amide bonds. The summed E-state index contributed by atoms with van der Waals surface area (Å²) in [5.41, 5.74) is 0.294. The SMILES string of the molecule is CCC1(CC)CC(=CC(=O)O)CC(CC)(CC)N1O. The number of hydrogen-bond acceptors (Lipinski definition) is 3. The normalized spacial score (nSPS) is 22.3. The minimum absolute atomic E-state index is 0.328. The number of piperidine rings is 1. The van der Waals surface area contributed by atoms with Gasteiger partial charge in [0.1, 0.15) is 0 Å². The van der Waals surface area contributed by atoms with Gasteiger partial charge in [-0.1, -0.05) is 33.3 Å². The third-order valence-electron chi connectivity index (χ3n) is 4.97. The van der Waals surface area contributed by atoms with Crippen LogP contribution in [-0.2, 0) is 4.79 Å². The number of hydrogen-bond donors (Lipinski definition) is 2. The van der Waals surface area contributed by atoms with E-state index in [1.54, 1.807) is 5.06 Å². The molecule has 1 aliphatic rings. The lowest BCUT2D eigenvalue weighted by atomic mass is 9.71. The molecule has 0 aromatic heterocycles. The highest BCUT2D eigenvalue weighted by molar-refractivity contribution is 5.80. The third-order valence-corrected chi connectivity index (χ3v) is 4.97. The van der Waals surface area contributed by atoms with E-state index in [1.807, 2.05) is 0 Å². The fourth-order valence-corrected chi connectivity index (χ4v) is 3.44. The molecule has 0 radical (unpaired) electrons. The smallest absolute Gasteiger partial charge is 0.328 e. The first-order valence-corrected chi connectivity index (χ1v) is 7.31. The van der Waals surface area contributed by atoms with Crippen molar-refractivity contribution in [3.63, 3.8) is 0 Å². The average molecular weight is 269 g/mol. The van der Waals surface area contributed by atoms with Crippen LogP contribution in [0, 0.1) is 0 Å². The second-order valence-electron chi connectivity index (χ2n) is 5.67. The number of nitrogens with zero attached hydrogens (tertiary/aromatic N) is 1. The molecule has 1 saturated heterocycles. The van der Waals surface area contributed by atoms with E-state index >= 15 is 0 Å². The Morgan fingerprint density at radius 3 is 1.74 bits per heavy atom.